The van der Waals surface area contributed by atoms with E-state index in [1.165, 1.54) is 17.8 Å². The molecule has 1 amide bonds. The summed E-state index contributed by atoms with van der Waals surface area (Å²) < 4.78 is 25.0. The zero-order valence-electron chi connectivity index (χ0n) is 18.7. The summed E-state index contributed by atoms with van der Waals surface area (Å²) in [5.41, 5.74) is 1.13. The average molecular weight is 522 g/mol. The molecule has 0 unspecified atom stereocenters. The van der Waals surface area contributed by atoms with E-state index < -0.39 is 5.82 Å². The summed E-state index contributed by atoms with van der Waals surface area (Å²) in [5.74, 6) is -0.157. The van der Waals surface area contributed by atoms with Crippen molar-refractivity contribution in [2.24, 2.45) is 0 Å². The van der Waals surface area contributed by atoms with Crippen LogP contribution in [0.2, 0.25) is 5.02 Å². The SMILES string of the molecule is CCOC(=O)CCCCCN1C(=O)/C(=C\c2ccc(OCc3c(F)cccc3Cl)cc2)SC1=S. The lowest BCUT2D eigenvalue weighted by molar-refractivity contribution is -0.143. The van der Waals surface area contributed by atoms with Crippen LogP contribution in [0.5, 0.6) is 5.75 Å². The van der Waals surface area contributed by atoms with E-state index in [-0.39, 0.29) is 18.5 Å². The lowest BCUT2D eigenvalue weighted by Gasteiger charge is -2.14. The van der Waals surface area contributed by atoms with Gasteiger partial charge < -0.3 is 9.47 Å². The average Bonchev–Trinajstić information content (AvgIpc) is 3.07. The van der Waals surface area contributed by atoms with Crippen LogP contribution in [0.1, 0.15) is 43.7 Å². The molecule has 0 aromatic heterocycles. The molecule has 0 radical (unpaired) electrons. The molecule has 9 heteroatoms. The number of halogens is 2. The molecule has 5 nitrogen and oxygen atoms in total. The summed E-state index contributed by atoms with van der Waals surface area (Å²) >= 11 is 12.7. The van der Waals surface area contributed by atoms with Crippen LogP contribution in [0.15, 0.2) is 47.4 Å². The Morgan fingerprint density at radius 1 is 1.18 bits per heavy atom. The molecule has 0 spiro atoms. The van der Waals surface area contributed by atoms with Crippen LogP contribution in [0.3, 0.4) is 0 Å². The van der Waals surface area contributed by atoms with Gasteiger partial charge in [0.15, 0.2) is 0 Å². The van der Waals surface area contributed by atoms with Crippen molar-refractivity contribution >= 4 is 57.9 Å². The molecule has 0 aliphatic carbocycles. The second-order valence-corrected chi connectivity index (χ2v) is 9.59. The second-order valence-electron chi connectivity index (χ2n) is 7.51. The van der Waals surface area contributed by atoms with E-state index in [4.69, 9.17) is 33.3 Å². The molecule has 1 saturated heterocycles. The molecule has 0 saturated carbocycles. The Morgan fingerprint density at radius 2 is 1.94 bits per heavy atom. The first kappa shape index (κ1) is 26.2. The van der Waals surface area contributed by atoms with Gasteiger partial charge >= 0.3 is 5.97 Å². The van der Waals surface area contributed by atoms with E-state index in [9.17, 15) is 14.0 Å². The highest BCUT2D eigenvalue weighted by Crippen LogP contribution is 2.33. The third kappa shape index (κ3) is 7.29. The number of ether oxygens (including phenoxy) is 2. The smallest absolute Gasteiger partial charge is 0.305 e. The summed E-state index contributed by atoms with van der Waals surface area (Å²) in [6.07, 6.45) is 4.48. The standard InChI is InChI=1S/C25H25ClFNO4S2/c1-2-31-23(29)9-4-3-5-14-28-24(30)22(34-25(28)33)15-17-10-12-18(13-11-17)32-16-19-20(26)7-6-8-21(19)27/h6-8,10-13,15H,2-5,9,14,16H2,1H3/b22-15+. The third-order valence-electron chi connectivity index (χ3n) is 5.06. The normalized spacial score (nSPS) is 14.7. The Bertz CT molecular complexity index is 1050. The van der Waals surface area contributed by atoms with E-state index in [2.05, 4.69) is 0 Å². The van der Waals surface area contributed by atoms with Gasteiger partial charge in [0.1, 0.15) is 22.5 Å². The fourth-order valence-corrected chi connectivity index (χ4v) is 4.81. The predicted molar refractivity (Wildman–Crippen MR) is 137 cm³/mol. The maximum atomic E-state index is 13.9. The van der Waals surface area contributed by atoms with Crippen LogP contribution >= 0.6 is 35.6 Å². The van der Waals surface area contributed by atoms with Crippen molar-refractivity contribution in [1.82, 2.24) is 4.90 Å². The molecule has 0 N–H and O–H groups in total. The molecule has 3 rings (SSSR count). The topological polar surface area (TPSA) is 55.8 Å². The number of benzene rings is 2. The van der Waals surface area contributed by atoms with Gasteiger partial charge in [0.2, 0.25) is 0 Å². The van der Waals surface area contributed by atoms with Crippen molar-refractivity contribution in [2.45, 2.75) is 39.2 Å². The van der Waals surface area contributed by atoms with Gasteiger partial charge in [0.25, 0.3) is 5.91 Å². The Kier molecular flexibility index (Phi) is 9.92. The van der Waals surface area contributed by atoms with Crippen molar-refractivity contribution in [3.63, 3.8) is 0 Å². The molecule has 0 bridgehead atoms. The van der Waals surface area contributed by atoms with Gasteiger partial charge in [-0.3, -0.25) is 14.5 Å². The van der Waals surface area contributed by atoms with Gasteiger partial charge in [-0.1, -0.05) is 60.2 Å². The molecule has 180 valence electrons. The molecule has 0 atom stereocenters. The highest BCUT2D eigenvalue weighted by atomic mass is 35.5. The minimum Gasteiger partial charge on any atom is -0.489 e. The zero-order valence-corrected chi connectivity index (χ0v) is 21.1. The summed E-state index contributed by atoms with van der Waals surface area (Å²) in [5, 5.41) is 0.317. The number of carbonyl (C=O) groups excluding carboxylic acids is 2. The molecular weight excluding hydrogens is 497 g/mol. The summed E-state index contributed by atoms with van der Waals surface area (Å²) in [6, 6.07) is 11.7. The third-order valence-corrected chi connectivity index (χ3v) is 6.80. The molecule has 2 aromatic carbocycles. The number of nitrogens with zero attached hydrogens (tertiary/aromatic N) is 1. The molecule has 2 aromatic rings. The van der Waals surface area contributed by atoms with Crippen LogP contribution < -0.4 is 4.74 Å². The van der Waals surface area contributed by atoms with Gasteiger partial charge in [0, 0.05) is 18.5 Å². The van der Waals surface area contributed by atoms with Crippen LogP contribution in [0.25, 0.3) is 6.08 Å². The summed E-state index contributed by atoms with van der Waals surface area (Å²) in [4.78, 5) is 26.3. The van der Waals surface area contributed by atoms with Crippen LogP contribution in [0.4, 0.5) is 4.39 Å². The van der Waals surface area contributed by atoms with E-state index in [0.717, 1.165) is 24.8 Å². The van der Waals surface area contributed by atoms with Crippen LogP contribution in [-0.4, -0.2) is 34.2 Å². The fourth-order valence-electron chi connectivity index (χ4n) is 3.28. The van der Waals surface area contributed by atoms with E-state index in [1.807, 2.05) is 12.1 Å². The molecule has 1 heterocycles. The number of carbonyl (C=O) groups is 2. The van der Waals surface area contributed by atoms with Gasteiger partial charge in [-0.2, -0.15) is 0 Å². The maximum absolute atomic E-state index is 13.9. The quantitative estimate of drug-likeness (QED) is 0.148. The summed E-state index contributed by atoms with van der Waals surface area (Å²) in [6.45, 7) is 2.72. The van der Waals surface area contributed by atoms with Crippen LogP contribution in [-0.2, 0) is 20.9 Å². The zero-order chi connectivity index (χ0) is 24.5. The van der Waals surface area contributed by atoms with Gasteiger partial charge in [0.05, 0.1) is 16.5 Å². The van der Waals surface area contributed by atoms with Crippen molar-refractivity contribution < 1.29 is 23.5 Å². The van der Waals surface area contributed by atoms with Crippen molar-refractivity contribution in [3.05, 3.63) is 69.3 Å². The van der Waals surface area contributed by atoms with Gasteiger partial charge in [-0.05, 0) is 55.7 Å². The number of hydrogen-bond acceptors (Lipinski definition) is 6. The Hall–Kier alpha value is -2.42. The predicted octanol–water partition coefficient (Wildman–Crippen LogP) is 6.38. The largest absolute Gasteiger partial charge is 0.489 e. The van der Waals surface area contributed by atoms with Gasteiger partial charge in [-0.15, -0.1) is 0 Å². The maximum Gasteiger partial charge on any atom is 0.305 e. The first-order chi connectivity index (χ1) is 16.4. The Morgan fingerprint density at radius 3 is 2.65 bits per heavy atom. The van der Waals surface area contributed by atoms with Gasteiger partial charge in [-0.25, -0.2) is 4.39 Å². The second kappa shape index (κ2) is 12.9. The monoisotopic (exact) mass is 521 g/mol. The number of esters is 1. The highest BCUT2D eigenvalue weighted by molar-refractivity contribution is 8.26. The van der Waals surface area contributed by atoms with E-state index in [1.54, 1.807) is 42.2 Å². The Balaban J connectivity index is 1.51. The lowest BCUT2D eigenvalue weighted by atomic mass is 10.2. The highest BCUT2D eigenvalue weighted by Gasteiger charge is 2.31. The molecule has 34 heavy (non-hydrogen) atoms. The number of thiocarbonyl (C=S) groups is 1. The lowest BCUT2D eigenvalue weighted by Crippen LogP contribution is -2.29. The fraction of sp³-hybridized carbons (Fsp3) is 0.320. The number of thioether (sulfide) groups is 1. The van der Waals surface area contributed by atoms with Crippen LogP contribution in [0, 0.1) is 5.82 Å². The number of hydrogen-bond donors (Lipinski definition) is 0. The molecular formula is C25H25ClFNO4S2. The van der Waals surface area contributed by atoms with Crippen molar-refractivity contribution in [2.75, 3.05) is 13.2 Å². The minimum absolute atomic E-state index is 0.0172. The summed E-state index contributed by atoms with van der Waals surface area (Å²) in [7, 11) is 0. The molecule has 1 fully saturated rings. The van der Waals surface area contributed by atoms with Crippen molar-refractivity contribution in [3.8, 4) is 5.75 Å². The van der Waals surface area contributed by atoms with E-state index >= 15 is 0 Å². The molecule has 1 aliphatic heterocycles. The number of amides is 1. The molecule has 1 aliphatic rings. The number of unbranched alkanes of at least 4 members (excludes halogenated alkanes) is 2. The number of rotatable bonds is 11. The Labute approximate surface area is 213 Å². The minimum atomic E-state index is -0.412. The first-order valence-electron chi connectivity index (χ1n) is 11.0. The van der Waals surface area contributed by atoms with E-state index in [0.29, 0.717) is 45.1 Å². The first-order valence-corrected chi connectivity index (χ1v) is 12.6. The van der Waals surface area contributed by atoms with Crippen molar-refractivity contribution in [1.29, 1.82) is 0 Å².